The standard InChI is InChI=1S/C20H27N5O3S/c21-10-4-12-25(14-16-5-1-6-16)15-20(26)23-17-7-2-8-18(13-17)29(27,28)24-19-9-3-11-22-19/h2,7-8,13,16H,1,3-6,9,11-12,14-15H2,(H,22,24)(H,23,26). The van der Waals surface area contributed by atoms with E-state index in [2.05, 4.69) is 21.1 Å². The minimum Gasteiger partial charge on any atom is -0.325 e. The summed E-state index contributed by atoms with van der Waals surface area (Å²) in [7, 11) is -3.73. The van der Waals surface area contributed by atoms with E-state index in [1.165, 1.54) is 31.4 Å². The predicted molar refractivity (Wildman–Crippen MR) is 111 cm³/mol. The number of carbonyl (C=O) groups is 1. The maximum absolute atomic E-state index is 12.5. The minimum atomic E-state index is -3.73. The molecule has 0 unspecified atom stereocenters. The average molecular weight is 418 g/mol. The largest absolute Gasteiger partial charge is 0.325 e. The summed E-state index contributed by atoms with van der Waals surface area (Å²) < 4.78 is 27.6. The summed E-state index contributed by atoms with van der Waals surface area (Å²) in [6.07, 6.45) is 5.41. The lowest BCUT2D eigenvalue weighted by atomic mass is 9.85. The van der Waals surface area contributed by atoms with E-state index in [9.17, 15) is 13.2 Å². The van der Waals surface area contributed by atoms with Gasteiger partial charge in [0.15, 0.2) is 0 Å². The van der Waals surface area contributed by atoms with E-state index < -0.39 is 10.0 Å². The summed E-state index contributed by atoms with van der Waals surface area (Å²) in [4.78, 5) is 18.7. The van der Waals surface area contributed by atoms with Crippen molar-refractivity contribution in [1.82, 2.24) is 9.62 Å². The fourth-order valence-corrected chi connectivity index (χ4v) is 4.60. The van der Waals surface area contributed by atoms with E-state index in [0.717, 1.165) is 13.0 Å². The zero-order chi connectivity index (χ0) is 20.7. The zero-order valence-corrected chi connectivity index (χ0v) is 17.2. The molecule has 1 heterocycles. The molecule has 0 radical (unpaired) electrons. The number of rotatable bonds is 9. The van der Waals surface area contributed by atoms with Gasteiger partial charge in [-0.15, -0.1) is 0 Å². The Kier molecular flexibility index (Phi) is 7.23. The van der Waals surface area contributed by atoms with Crippen LogP contribution in [0.25, 0.3) is 0 Å². The highest BCUT2D eigenvalue weighted by Gasteiger charge is 2.22. The second-order valence-electron chi connectivity index (χ2n) is 7.55. The number of nitrogens with zero attached hydrogens (tertiary/aromatic N) is 3. The van der Waals surface area contributed by atoms with Crippen LogP contribution in [0.2, 0.25) is 0 Å². The third-order valence-corrected chi connectivity index (χ3v) is 6.58. The van der Waals surface area contributed by atoms with Crippen LogP contribution in [0.5, 0.6) is 0 Å². The van der Waals surface area contributed by atoms with Crippen molar-refractivity contribution in [3.8, 4) is 6.07 Å². The van der Waals surface area contributed by atoms with E-state index in [1.807, 2.05) is 4.90 Å². The molecule has 2 N–H and O–H groups in total. The van der Waals surface area contributed by atoms with Gasteiger partial charge >= 0.3 is 0 Å². The highest BCUT2D eigenvalue weighted by molar-refractivity contribution is 7.90. The predicted octanol–water partition coefficient (Wildman–Crippen LogP) is 2.11. The topological polar surface area (TPSA) is 115 Å². The van der Waals surface area contributed by atoms with Crippen molar-refractivity contribution in [2.24, 2.45) is 10.9 Å². The monoisotopic (exact) mass is 417 g/mol. The van der Waals surface area contributed by atoms with Gasteiger partial charge in [-0.3, -0.25) is 19.4 Å². The van der Waals surface area contributed by atoms with Crippen LogP contribution in [-0.4, -0.2) is 51.2 Å². The van der Waals surface area contributed by atoms with Crippen LogP contribution in [0, 0.1) is 17.2 Å². The number of sulfonamides is 1. The molecular formula is C20H27N5O3S. The molecule has 1 saturated carbocycles. The van der Waals surface area contributed by atoms with Crippen LogP contribution < -0.4 is 10.0 Å². The molecule has 0 atom stereocenters. The van der Waals surface area contributed by atoms with Gasteiger partial charge in [-0.2, -0.15) is 5.26 Å². The number of anilines is 1. The van der Waals surface area contributed by atoms with Crippen LogP contribution in [0.4, 0.5) is 5.69 Å². The van der Waals surface area contributed by atoms with Crippen LogP contribution in [0.3, 0.4) is 0 Å². The first kappa shape index (κ1) is 21.3. The molecule has 1 aliphatic carbocycles. The number of amides is 1. The van der Waals surface area contributed by atoms with Crippen molar-refractivity contribution in [3.05, 3.63) is 24.3 Å². The van der Waals surface area contributed by atoms with E-state index in [0.29, 0.717) is 43.4 Å². The van der Waals surface area contributed by atoms with Crippen LogP contribution in [0.1, 0.15) is 38.5 Å². The van der Waals surface area contributed by atoms with Gasteiger partial charge in [0, 0.05) is 38.2 Å². The second kappa shape index (κ2) is 9.85. The van der Waals surface area contributed by atoms with Gasteiger partial charge < -0.3 is 5.32 Å². The molecule has 29 heavy (non-hydrogen) atoms. The number of benzene rings is 1. The van der Waals surface area contributed by atoms with Crippen molar-refractivity contribution in [1.29, 1.82) is 5.26 Å². The van der Waals surface area contributed by atoms with Crippen molar-refractivity contribution in [3.63, 3.8) is 0 Å². The average Bonchev–Trinajstić information content (AvgIpc) is 3.15. The second-order valence-corrected chi connectivity index (χ2v) is 9.24. The maximum atomic E-state index is 12.5. The molecule has 0 aromatic heterocycles. The number of carbonyl (C=O) groups excluding carboxylic acids is 1. The molecule has 1 amide bonds. The molecule has 1 fully saturated rings. The number of hydrogen-bond acceptors (Lipinski definition) is 6. The number of amidine groups is 1. The Balaban J connectivity index is 1.60. The smallest absolute Gasteiger partial charge is 0.262 e. The molecule has 0 saturated heterocycles. The minimum absolute atomic E-state index is 0.0840. The first-order valence-electron chi connectivity index (χ1n) is 10.0. The Labute approximate surface area is 172 Å². The Morgan fingerprint density at radius 2 is 2.14 bits per heavy atom. The maximum Gasteiger partial charge on any atom is 0.262 e. The van der Waals surface area contributed by atoms with Crippen molar-refractivity contribution >= 4 is 27.5 Å². The fraction of sp³-hybridized carbons (Fsp3) is 0.550. The lowest BCUT2D eigenvalue weighted by Gasteiger charge is -2.31. The number of hydrogen-bond donors (Lipinski definition) is 2. The van der Waals surface area contributed by atoms with Crippen molar-refractivity contribution < 1.29 is 13.2 Å². The summed E-state index contributed by atoms with van der Waals surface area (Å²) in [6.45, 7) is 2.19. The van der Waals surface area contributed by atoms with Crippen molar-refractivity contribution in [2.45, 2.75) is 43.4 Å². The third-order valence-electron chi connectivity index (χ3n) is 5.20. The molecule has 156 valence electrons. The molecule has 1 aromatic carbocycles. The Morgan fingerprint density at radius 3 is 2.79 bits per heavy atom. The zero-order valence-electron chi connectivity index (χ0n) is 16.4. The van der Waals surface area contributed by atoms with Gasteiger partial charge in [0.1, 0.15) is 5.84 Å². The quantitative estimate of drug-likeness (QED) is 0.639. The van der Waals surface area contributed by atoms with E-state index in [4.69, 9.17) is 5.26 Å². The Bertz CT molecular complexity index is 903. The first-order valence-corrected chi connectivity index (χ1v) is 11.5. The van der Waals surface area contributed by atoms with E-state index in [1.54, 1.807) is 12.1 Å². The fourth-order valence-electron chi connectivity index (χ4n) is 3.47. The summed E-state index contributed by atoms with van der Waals surface area (Å²) in [5, 5.41) is 11.6. The summed E-state index contributed by atoms with van der Waals surface area (Å²) in [6, 6.07) is 8.32. The van der Waals surface area contributed by atoms with E-state index >= 15 is 0 Å². The van der Waals surface area contributed by atoms with E-state index in [-0.39, 0.29) is 17.3 Å². The molecular weight excluding hydrogens is 390 g/mol. The number of nitriles is 1. The first-order chi connectivity index (χ1) is 14.0. The molecule has 3 rings (SSSR count). The highest BCUT2D eigenvalue weighted by atomic mass is 32.2. The molecule has 8 nitrogen and oxygen atoms in total. The highest BCUT2D eigenvalue weighted by Crippen LogP contribution is 2.27. The summed E-state index contributed by atoms with van der Waals surface area (Å²) >= 11 is 0. The van der Waals surface area contributed by atoms with Gasteiger partial charge in [-0.1, -0.05) is 12.5 Å². The lowest BCUT2D eigenvalue weighted by Crippen LogP contribution is -2.38. The van der Waals surface area contributed by atoms with Crippen LogP contribution in [-0.2, 0) is 14.8 Å². The molecule has 1 aliphatic heterocycles. The van der Waals surface area contributed by atoms with Crippen molar-refractivity contribution in [2.75, 3.05) is 31.5 Å². The van der Waals surface area contributed by atoms with Crippen LogP contribution >= 0.6 is 0 Å². The van der Waals surface area contributed by atoms with Gasteiger partial charge in [0.25, 0.3) is 10.0 Å². The summed E-state index contributed by atoms with van der Waals surface area (Å²) in [5.74, 6) is 0.855. The van der Waals surface area contributed by atoms with Crippen LogP contribution in [0.15, 0.2) is 34.2 Å². The Hall–Kier alpha value is -2.44. The van der Waals surface area contributed by atoms with Gasteiger partial charge in [-0.25, -0.2) is 8.42 Å². The Morgan fingerprint density at radius 1 is 1.31 bits per heavy atom. The molecule has 2 aliphatic rings. The lowest BCUT2D eigenvalue weighted by molar-refractivity contribution is -0.117. The van der Waals surface area contributed by atoms with Gasteiger partial charge in [-0.05, 0) is 43.4 Å². The molecule has 1 aromatic rings. The van der Waals surface area contributed by atoms with Gasteiger partial charge in [0.05, 0.1) is 17.5 Å². The normalized spacial score (nSPS) is 16.8. The number of aliphatic imine (C=N–C) groups is 1. The third kappa shape index (κ3) is 6.27. The SMILES string of the molecule is N#CCCN(CC(=O)Nc1cccc(S(=O)(=O)NC2=NCCC2)c1)CC1CCC1. The van der Waals surface area contributed by atoms with Gasteiger partial charge in [0.2, 0.25) is 5.91 Å². The molecule has 9 heteroatoms. The molecule has 0 bridgehead atoms. The number of nitrogens with one attached hydrogen (secondary N) is 2. The summed E-state index contributed by atoms with van der Waals surface area (Å²) in [5.41, 5.74) is 0.426. The molecule has 0 spiro atoms.